The molecule has 1 aromatic heterocycles. The maximum absolute atomic E-state index is 12.5. The van der Waals surface area contributed by atoms with Crippen LogP contribution < -0.4 is 5.32 Å². The average molecular weight is 382 g/mol. The Morgan fingerprint density at radius 1 is 1.24 bits per heavy atom. The molecule has 0 saturated carbocycles. The van der Waals surface area contributed by atoms with E-state index in [4.69, 9.17) is 0 Å². The highest BCUT2D eigenvalue weighted by atomic mass is 32.2. The van der Waals surface area contributed by atoms with Crippen LogP contribution in [0.15, 0.2) is 5.10 Å². The van der Waals surface area contributed by atoms with E-state index >= 15 is 0 Å². The highest BCUT2D eigenvalue weighted by Crippen LogP contribution is 2.30. The molecule has 10 heteroatoms. The Kier molecular flexibility index (Phi) is 4.11. The van der Waals surface area contributed by atoms with E-state index in [0.717, 1.165) is 25.0 Å². The maximum atomic E-state index is 12.5. The van der Waals surface area contributed by atoms with E-state index in [0.29, 0.717) is 11.6 Å². The van der Waals surface area contributed by atoms with Crippen molar-refractivity contribution in [3.8, 4) is 0 Å². The van der Waals surface area contributed by atoms with Gasteiger partial charge in [0.25, 0.3) is 5.91 Å². The molecule has 2 amide bonds. The standard InChI is InChI=1S/C15H18N4O4S2/c20-13-5-4-11(18-19(13)9-6-7-25(22,23)8-9)14(21)17-15-16-10-2-1-3-12(10)24-15/h9H,1-8H2,(H,16,17,21)/t9-/m1/s1. The van der Waals surface area contributed by atoms with Crippen molar-refractivity contribution in [1.29, 1.82) is 0 Å². The lowest BCUT2D eigenvalue weighted by atomic mass is 10.1. The Morgan fingerprint density at radius 3 is 2.80 bits per heavy atom. The lowest BCUT2D eigenvalue weighted by Crippen LogP contribution is -2.42. The van der Waals surface area contributed by atoms with Gasteiger partial charge in [-0.15, -0.1) is 11.3 Å². The van der Waals surface area contributed by atoms with Gasteiger partial charge in [0.2, 0.25) is 5.91 Å². The molecular weight excluding hydrogens is 364 g/mol. The van der Waals surface area contributed by atoms with Crippen LogP contribution in [-0.2, 0) is 32.3 Å². The molecule has 3 heterocycles. The summed E-state index contributed by atoms with van der Waals surface area (Å²) in [7, 11) is -3.13. The Hall–Kier alpha value is -1.81. The molecular formula is C15H18N4O4S2. The summed E-state index contributed by atoms with van der Waals surface area (Å²) in [6.07, 6.45) is 3.84. The molecule has 2 aliphatic heterocycles. The molecule has 4 rings (SSSR count). The van der Waals surface area contributed by atoms with Gasteiger partial charge in [0.05, 0.1) is 23.2 Å². The molecule has 134 valence electrons. The first-order chi connectivity index (χ1) is 11.9. The first-order valence-corrected chi connectivity index (χ1v) is 10.9. The highest BCUT2D eigenvalue weighted by Gasteiger charge is 2.37. The van der Waals surface area contributed by atoms with E-state index in [-0.39, 0.29) is 41.9 Å². The molecule has 3 aliphatic rings. The van der Waals surface area contributed by atoms with Gasteiger partial charge in [-0.05, 0) is 25.7 Å². The largest absolute Gasteiger partial charge is 0.297 e. The number of fused-ring (bicyclic) bond motifs is 1. The zero-order valence-electron chi connectivity index (χ0n) is 13.5. The molecule has 8 nitrogen and oxygen atoms in total. The predicted octanol–water partition coefficient (Wildman–Crippen LogP) is 0.736. The Balaban J connectivity index is 1.49. The number of carbonyl (C=O) groups is 2. The number of hydrogen-bond donors (Lipinski definition) is 1. The first kappa shape index (κ1) is 16.6. The minimum absolute atomic E-state index is 0.0587. The smallest absolute Gasteiger partial charge is 0.273 e. The number of hydrogen-bond acceptors (Lipinski definition) is 7. The zero-order chi connectivity index (χ0) is 17.6. The van der Waals surface area contributed by atoms with E-state index in [1.165, 1.54) is 21.2 Å². The van der Waals surface area contributed by atoms with E-state index < -0.39 is 15.9 Å². The molecule has 0 radical (unpaired) electrons. The zero-order valence-corrected chi connectivity index (χ0v) is 15.2. The number of rotatable bonds is 3. The van der Waals surface area contributed by atoms with Crippen LogP contribution in [0.3, 0.4) is 0 Å². The van der Waals surface area contributed by atoms with Crippen LogP contribution in [0.2, 0.25) is 0 Å². The van der Waals surface area contributed by atoms with Gasteiger partial charge in [0.15, 0.2) is 15.0 Å². The first-order valence-electron chi connectivity index (χ1n) is 8.31. The number of amides is 2. The molecule has 0 spiro atoms. The van der Waals surface area contributed by atoms with Crippen LogP contribution >= 0.6 is 11.3 Å². The van der Waals surface area contributed by atoms with Gasteiger partial charge in [-0.1, -0.05) is 0 Å². The molecule has 0 bridgehead atoms. The van der Waals surface area contributed by atoms with Crippen molar-refractivity contribution in [3.63, 3.8) is 0 Å². The van der Waals surface area contributed by atoms with Gasteiger partial charge in [-0.2, -0.15) is 5.10 Å². The minimum Gasteiger partial charge on any atom is -0.297 e. The van der Waals surface area contributed by atoms with Gasteiger partial charge < -0.3 is 0 Å². The highest BCUT2D eigenvalue weighted by molar-refractivity contribution is 7.91. The molecule has 25 heavy (non-hydrogen) atoms. The van der Waals surface area contributed by atoms with E-state index in [1.807, 2.05) is 0 Å². The van der Waals surface area contributed by atoms with Crippen molar-refractivity contribution in [2.75, 3.05) is 16.8 Å². The van der Waals surface area contributed by atoms with Crippen molar-refractivity contribution >= 4 is 43.8 Å². The second-order valence-corrected chi connectivity index (χ2v) is 9.85. The summed E-state index contributed by atoms with van der Waals surface area (Å²) < 4.78 is 23.3. The normalized spacial score (nSPS) is 25.0. The number of carbonyl (C=O) groups excluding carboxylic acids is 2. The number of anilines is 1. The van der Waals surface area contributed by atoms with Crippen molar-refractivity contribution < 1.29 is 18.0 Å². The van der Waals surface area contributed by atoms with Gasteiger partial charge in [-0.3, -0.25) is 14.9 Å². The summed E-state index contributed by atoms with van der Waals surface area (Å²) >= 11 is 1.48. The van der Waals surface area contributed by atoms with Crippen molar-refractivity contribution in [1.82, 2.24) is 9.99 Å². The number of nitrogens with one attached hydrogen (secondary N) is 1. The number of sulfone groups is 1. The summed E-state index contributed by atoms with van der Waals surface area (Å²) in [5.74, 6) is -0.628. The number of nitrogens with zero attached hydrogens (tertiary/aromatic N) is 3. The predicted molar refractivity (Wildman–Crippen MR) is 93.3 cm³/mol. The summed E-state index contributed by atoms with van der Waals surface area (Å²) in [5, 5.41) is 8.69. The van der Waals surface area contributed by atoms with E-state index in [2.05, 4.69) is 15.4 Å². The lowest BCUT2D eigenvalue weighted by Gasteiger charge is -2.27. The van der Waals surface area contributed by atoms with Gasteiger partial charge in [-0.25, -0.2) is 18.4 Å². The third-order valence-corrected chi connectivity index (χ3v) is 7.52. The second kappa shape index (κ2) is 6.17. The molecule has 1 N–H and O–H groups in total. The fraction of sp³-hybridized carbons (Fsp3) is 0.600. The summed E-state index contributed by atoms with van der Waals surface area (Å²) in [4.78, 5) is 30.2. The molecule has 0 aromatic carbocycles. The topological polar surface area (TPSA) is 109 Å². The van der Waals surface area contributed by atoms with Crippen LogP contribution in [0.1, 0.15) is 36.3 Å². The van der Waals surface area contributed by atoms with Crippen molar-refractivity contribution in [2.24, 2.45) is 5.10 Å². The quantitative estimate of drug-likeness (QED) is 0.829. The summed E-state index contributed by atoms with van der Waals surface area (Å²) in [6, 6.07) is -0.468. The van der Waals surface area contributed by atoms with Crippen LogP contribution in [-0.4, -0.2) is 53.5 Å². The molecule has 1 aromatic rings. The van der Waals surface area contributed by atoms with Gasteiger partial charge in [0, 0.05) is 17.7 Å². The SMILES string of the molecule is O=C(Nc1nc2c(s1)CCC2)C1=NN([C@@H]2CCS(=O)(=O)C2)C(=O)CC1. The summed E-state index contributed by atoms with van der Waals surface area (Å²) in [6.45, 7) is 0. The Morgan fingerprint density at radius 2 is 2.08 bits per heavy atom. The third kappa shape index (κ3) is 3.32. The minimum atomic E-state index is -3.13. The molecule has 1 fully saturated rings. The van der Waals surface area contributed by atoms with E-state index in [1.54, 1.807) is 0 Å². The van der Waals surface area contributed by atoms with Crippen molar-refractivity contribution in [3.05, 3.63) is 10.6 Å². The Bertz CT molecular complexity index is 853. The molecule has 1 aliphatic carbocycles. The maximum Gasteiger partial charge on any atom is 0.273 e. The number of thiazole rings is 1. The molecule has 1 atom stereocenters. The van der Waals surface area contributed by atoms with Crippen molar-refractivity contribution in [2.45, 2.75) is 44.6 Å². The number of aryl methyl sites for hydroxylation is 2. The molecule has 0 unspecified atom stereocenters. The van der Waals surface area contributed by atoms with E-state index in [9.17, 15) is 18.0 Å². The van der Waals surface area contributed by atoms with Gasteiger partial charge in [0.1, 0.15) is 5.71 Å². The summed E-state index contributed by atoms with van der Waals surface area (Å²) in [5.41, 5.74) is 1.30. The molecule has 1 saturated heterocycles. The Labute approximate surface area is 149 Å². The third-order valence-electron chi connectivity index (χ3n) is 4.69. The fourth-order valence-corrected chi connectivity index (χ4v) is 6.14. The average Bonchev–Trinajstić information content (AvgIpc) is 3.22. The second-order valence-electron chi connectivity index (χ2n) is 6.54. The number of aromatic nitrogens is 1. The number of hydrazone groups is 1. The fourth-order valence-electron chi connectivity index (χ4n) is 3.40. The lowest BCUT2D eigenvalue weighted by molar-refractivity contribution is -0.133. The van der Waals surface area contributed by atoms with Gasteiger partial charge >= 0.3 is 0 Å². The van der Waals surface area contributed by atoms with Crippen LogP contribution in [0, 0.1) is 0 Å². The van der Waals surface area contributed by atoms with Crippen LogP contribution in [0.25, 0.3) is 0 Å². The monoisotopic (exact) mass is 382 g/mol. The van der Waals surface area contributed by atoms with Crippen LogP contribution in [0.5, 0.6) is 0 Å². The van der Waals surface area contributed by atoms with Crippen LogP contribution in [0.4, 0.5) is 5.13 Å².